The van der Waals surface area contributed by atoms with Crippen LogP contribution in [0.1, 0.15) is 10.4 Å². The Morgan fingerprint density at radius 2 is 1.58 bits per heavy atom. The molecule has 0 radical (unpaired) electrons. The van der Waals surface area contributed by atoms with E-state index in [0.29, 0.717) is 22.7 Å². The van der Waals surface area contributed by atoms with Crippen molar-refractivity contribution >= 4 is 33.9 Å². The maximum absolute atomic E-state index is 12.9. The van der Waals surface area contributed by atoms with Crippen LogP contribution in [0.5, 0.6) is 11.5 Å². The van der Waals surface area contributed by atoms with E-state index < -0.39 is 0 Å². The lowest BCUT2D eigenvalue weighted by atomic mass is 10.1. The minimum atomic E-state index is -0.221. The first kappa shape index (κ1) is 20.1. The third-order valence-electron chi connectivity index (χ3n) is 4.92. The molecule has 0 saturated carbocycles. The smallest absolute Gasteiger partial charge is 0.255 e. The number of amides is 1. The molecule has 2 aromatic carbocycles. The van der Waals surface area contributed by atoms with Gasteiger partial charge in [-0.25, -0.2) is 0 Å². The minimum Gasteiger partial charge on any atom is -0.457 e. The van der Waals surface area contributed by atoms with E-state index in [-0.39, 0.29) is 5.91 Å². The number of carbonyl (C=O) groups is 1. The molecule has 33 heavy (non-hydrogen) atoms. The molecule has 5 rings (SSSR count). The second-order valence-electron chi connectivity index (χ2n) is 7.22. The molecule has 0 aliphatic heterocycles. The van der Waals surface area contributed by atoms with Crippen molar-refractivity contribution in [2.75, 3.05) is 10.6 Å². The maximum atomic E-state index is 12.9. The molecule has 160 valence electrons. The van der Waals surface area contributed by atoms with E-state index in [4.69, 9.17) is 4.74 Å². The molecule has 0 bridgehead atoms. The molecule has 0 fully saturated rings. The fourth-order valence-corrected chi connectivity index (χ4v) is 3.37. The molecule has 0 spiro atoms. The largest absolute Gasteiger partial charge is 0.457 e. The van der Waals surface area contributed by atoms with Crippen LogP contribution in [0, 0.1) is 0 Å². The van der Waals surface area contributed by atoms with Crippen LogP contribution in [0.3, 0.4) is 0 Å². The van der Waals surface area contributed by atoms with Gasteiger partial charge >= 0.3 is 0 Å². The molecular weight excluding hydrogens is 414 g/mol. The van der Waals surface area contributed by atoms with Crippen LogP contribution < -0.4 is 15.4 Å². The van der Waals surface area contributed by atoms with E-state index in [1.807, 2.05) is 42.5 Å². The summed E-state index contributed by atoms with van der Waals surface area (Å²) in [5, 5.41) is 7.19. The lowest BCUT2D eigenvalue weighted by Crippen LogP contribution is -2.12. The van der Waals surface area contributed by atoms with Crippen molar-refractivity contribution in [3.63, 3.8) is 0 Å². The molecule has 3 heterocycles. The number of aromatic nitrogens is 3. The Balaban J connectivity index is 1.32. The normalized spacial score (nSPS) is 10.5. The highest BCUT2D eigenvalue weighted by molar-refractivity contribution is 6.05. The summed E-state index contributed by atoms with van der Waals surface area (Å²) in [5.74, 6) is 1.07. The van der Waals surface area contributed by atoms with E-state index in [0.717, 1.165) is 22.3 Å². The van der Waals surface area contributed by atoms with Crippen molar-refractivity contribution in [3.8, 4) is 11.5 Å². The number of pyridine rings is 3. The van der Waals surface area contributed by atoms with E-state index in [9.17, 15) is 4.79 Å². The summed E-state index contributed by atoms with van der Waals surface area (Å²) >= 11 is 0. The topological polar surface area (TPSA) is 89.0 Å². The van der Waals surface area contributed by atoms with Crippen molar-refractivity contribution in [2.24, 2.45) is 0 Å². The van der Waals surface area contributed by atoms with Gasteiger partial charge in [0.15, 0.2) is 0 Å². The summed E-state index contributed by atoms with van der Waals surface area (Å²) in [4.78, 5) is 25.4. The van der Waals surface area contributed by atoms with Gasteiger partial charge in [0, 0.05) is 59.4 Å². The van der Waals surface area contributed by atoms with Crippen molar-refractivity contribution < 1.29 is 9.53 Å². The highest BCUT2D eigenvalue weighted by Gasteiger charge is 2.09. The first-order valence-electron chi connectivity index (χ1n) is 10.3. The van der Waals surface area contributed by atoms with Gasteiger partial charge in [-0.2, -0.15) is 0 Å². The Morgan fingerprint density at radius 1 is 0.758 bits per heavy atom. The van der Waals surface area contributed by atoms with Gasteiger partial charge in [-0.15, -0.1) is 0 Å². The number of rotatable bonds is 6. The number of hydrogen-bond donors (Lipinski definition) is 2. The van der Waals surface area contributed by atoms with Gasteiger partial charge in [-0.05, 0) is 54.6 Å². The van der Waals surface area contributed by atoms with Gasteiger partial charge in [0.05, 0.1) is 11.2 Å². The van der Waals surface area contributed by atoms with Crippen molar-refractivity contribution in [1.82, 2.24) is 15.0 Å². The fourth-order valence-electron chi connectivity index (χ4n) is 3.37. The predicted molar refractivity (Wildman–Crippen MR) is 128 cm³/mol. The molecule has 0 saturated heterocycles. The first-order valence-corrected chi connectivity index (χ1v) is 10.3. The van der Waals surface area contributed by atoms with Crippen molar-refractivity contribution in [3.05, 3.63) is 109 Å². The molecule has 0 aliphatic rings. The van der Waals surface area contributed by atoms with Crippen LogP contribution in [-0.2, 0) is 0 Å². The molecule has 2 N–H and O–H groups in total. The van der Waals surface area contributed by atoms with Gasteiger partial charge in [-0.3, -0.25) is 19.7 Å². The fraction of sp³-hybridized carbons (Fsp3) is 0. The average molecular weight is 433 g/mol. The van der Waals surface area contributed by atoms with E-state index in [2.05, 4.69) is 25.6 Å². The zero-order valence-electron chi connectivity index (χ0n) is 17.5. The standard InChI is InChI=1S/C26H19N5O2/c32-26(31-20-5-2-6-22(16-20)33-21-7-11-27-12-8-21)18-3-1-4-19(15-18)30-25-10-14-29-24-9-13-28-17-23(24)25/h1-17H,(H,29,30)(H,31,32). The van der Waals surface area contributed by atoms with Crippen LogP contribution >= 0.6 is 0 Å². The molecule has 0 aliphatic carbocycles. The number of ether oxygens (including phenoxy) is 1. The molecule has 3 aromatic heterocycles. The Labute approximate surface area is 190 Å². The summed E-state index contributed by atoms with van der Waals surface area (Å²) in [6.07, 6.45) is 8.53. The van der Waals surface area contributed by atoms with Gasteiger partial charge in [0.25, 0.3) is 5.91 Å². The number of nitrogens with one attached hydrogen (secondary N) is 2. The maximum Gasteiger partial charge on any atom is 0.255 e. The number of benzene rings is 2. The average Bonchev–Trinajstić information content (AvgIpc) is 2.85. The van der Waals surface area contributed by atoms with E-state index in [1.165, 1.54) is 0 Å². The third kappa shape index (κ3) is 4.77. The summed E-state index contributed by atoms with van der Waals surface area (Å²) < 4.78 is 5.82. The first-order chi connectivity index (χ1) is 16.2. The van der Waals surface area contributed by atoms with Crippen molar-refractivity contribution in [1.29, 1.82) is 0 Å². The zero-order valence-corrected chi connectivity index (χ0v) is 17.5. The Kier molecular flexibility index (Phi) is 5.59. The SMILES string of the molecule is O=C(Nc1cccc(Oc2ccncc2)c1)c1cccc(Nc2ccnc3ccncc23)c1. The Hall–Kier alpha value is -4.78. The monoisotopic (exact) mass is 433 g/mol. The summed E-state index contributed by atoms with van der Waals surface area (Å²) in [7, 11) is 0. The van der Waals surface area contributed by atoms with Crippen LogP contribution in [0.4, 0.5) is 17.1 Å². The lowest BCUT2D eigenvalue weighted by molar-refractivity contribution is 0.102. The highest BCUT2D eigenvalue weighted by Crippen LogP contribution is 2.26. The van der Waals surface area contributed by atoms with E-state index >= 15 is 0 Å². The number of anilines is 3. The Bertz CT molecular complexity index is 1420. The number of nitrogens with zero attached hydrogens (tertiary/aromatic N) is 3. The molecule has 7 nitrogen and oxygen atoms in total. The quantitative estimate of drug-likeness (QED) is 0.351. The summed E-state index contributed by atoms with van der Waals surface area (Å²) in [6, 6.07) is 21.8. The van der Waals surface area contributed by atoms with Crippen LogP contribution in [0.2, 0.25) is 0 Å². The molecule has 0 unspecified atom stereocenters. The summed E-state index contributed by atoms with van der Waals surface area (Å²) in [5.41, 5.74) is 3.66. The second-order valence-corrected chi connectivity index (χ2v) is 7.22. The van der Waals surface area contributed by atoms with Gasteiger partial charge in [-0.1, -0.05) is 12.1 Å². The van der Waals surface area contributed by atoms with Crippen molar-refractivity contribution in [2.45, 2.75) is 0 Å². The third-order valence-corrected chi connectivity index (χ3v) is 4.92. The van der Waals surface area contributed by atoms with Gasteiger partial charge in [0.1, 0.15) is 11.5 Å². The minimum absolute atomic E-state index is 0.221. The molecular formula is C26H19N5O2. The Morgan fingerprint density at radius 3 is 2.48 bits per heavy atom. The van der Waals surface area contributed by atoms with Crippen LogP contribution in [-0.4, -0.2) is 20.9 Å². The summed E-state index contributed by atoms with van der Waals surface area (Å²) in [6.45, 7) is 0. The molecule has 0 atom stereocenters. The van der Waals surface area contributed by atoms with Gasteiger partial charge in [0.2, 0.25) is 0 Å². The van der Waals surface area contributed by atoms with E-state index in [1.54, 1.807) is 61.3 Å². The molecule has 7 heteroatoms. The number of hydrogen-bond acceptors (Lipinski definition) is 6. The van der Waals surface area contributed by atoms with Gasteiger partial charge < -0.3 is 15.4 Å². The zero-order chi connectivity index (χ0) is 22.5. The second kappa shape index (κ2) is 9.15. The molecule has 5 aromatic rings. The van der Waals surface area contributed by atoms with Crippen LogP contribution in [0.25, 0.3) is 10.9 Å². The number of fused-ring (bicyclic) bond motifs is 1. The number of carbonyl (C=O) groups excluding carboxylic acids is 1. The lowest BCUT2D eigenvalue weighted by Gasteiger charge is -2.11. The molecule has 1 amide bonds. The highest BCUT2D eigenvalue weighted by atomic mass is 16.5. The predicted octanol–water partition coefficient (Wildman–Crippen LogP) is 5.81. The van der Waals surface area contributed by atoms with Crippen LogP contribution in [0.15, 0.2) is 104 Å².